The lowest BCUT2D eigenvalue weighted by Gasteiger charge is -2.08. The summed E-state index contributed by atoms with van der Waals surface area (Å²) < 4.78 is 0. The van der Waals surface area contributed by atoms with Crippen molar-refractivity contribution in [3.05, 3.63) is 53.9 Å². The molecule has 0 aliphatic heterocycles. The number of hydrogen-bond acceptors (Lipinski definition) is 1. The van der Waals surface area contributed by atoms with Gasteiger partial charge >= 0.3 is 0 Å². The Hall–Kier alpha value is -1.89. The van der Waals surface area contributed by atoms with Crippen LogP contribution in [0.15, 0.2) is 42.6 Å². The second kappa shape index (κ2) is 3.31. The van der Waals surface area contributed by atoms with Crippen LogP contribution in [0.1, 0.15) is 11.3 Å². The average Bonchev–Trinajstić information content (AvgIpc) is 2.33. The highest BCUT2D eigenvalue weighted by molar-refractivity contribution is 6.09. The van der Waals surface area contributed by atoms with Crippen molar-refractivity contribution < 1.29 is 0 Å². The van der Waals surface area contributed by atoms with E-state index in [1.165, 1.54) is 27.1 Å². The second-order valence-corrected chi connectivity index (χ2v) is 4.24. The molecule has 0 amide bonds. The summed E-state index contributed by atoms with van der Waals surface area (Å²) >= 11 is 0. The minimum atomic E-state index is 1.11. The van der Waals surface area contributed by atoms with Gasteiger partial charge in [-0.25, -0.2) is 0 Å². The molecule has 0 spiro atoms. The highest BCUT2D eigenvalue weighted by Crippen LogP contribution is 2.28. The first-order valence-corrected chi connectivity index (χ1v) is 5.51. The van der Waals surface area contributed by atoms with Gasteiger partial charge in [-0.2, -0.15) is 0 Å². The van der Waals surface area contributed by atoms with Crippen molar-refractivity contribution in [1.29, 1.82) is 0 Å². The molecule has 0 N–H and O–H groups in total. The molecule has 0 saturated carbocycles. The van der Waals surface area contributed by atoms with Gasteiger partial charge < -0.3 is 0 Å². The smallest absolute Gasteiger partial charge is 0.0457 e. The quantitative estimate of drug-likeness (QED) is 0.508. The highest BCUT2D eigenvalue weighted by atomic mass is 14.7. The van der Waals surface area contributed by atoms with Crippen molar-refractivity contribution in [2.24, 2.45) is 0 Å². The van der Waals surface area contributed by atoms with Gasteiger partial charge in [-0.1, -0.05) is 36.4 Å². The summed E-state index contributed by atoms with van der Waals surface area (Å²) in [6.45, 7) is 4.19. The lowest BCUT2D eigenvalue weighted by atomic mass is 9.99. The van der Waals surface area contributed by atoms with Crippen LogP contribution in [0, 0.1) is 13.8 Å². The highest BCUT2D eigenvalue weighted by Gasteiger charge is 2.05. The fourth-order valence-electron chi connectivity index (χ4n) is 2.32. The number of benzene rings is 2. The number of rotatable bonds is 0. The van der Waals surface area contributed by atoms with E-state index in [0.29, 0.717) is 0 Å². The number of fused-ring (bicyclic) bond motifs is 3. The van der Waals surface area contributed by atoms with Crippen molar-refractivity contribution in [3.63, 3.8) is 0 Å². The molecular formula is C15H13N. The maximum Gasteiger partial charge on any atom is 0.0457 e. The first-order chi connectivity index (χ1) is 7.77. The van der Waals surface area contributed by atoms with Gasteiger partial charge in [0, 0.05) is 17.3 Å². The van der Waals surface area contributed by atoms with Crippen LogP contribution in [-0.4, -0.2) is 4.98 Å². The number of aromatic nitrogens is 1. The molecular weight excluding hydrogens is 194 g/mol. The average molecular weight is 207 g/mol. The van der Waals surface area contributed by atoms with E-state index >= 15 is 0 Å². The zero-order valence-electron chi connectivity index (χ0n) is 9.49. The van der Waals surface area contributed by atoms with Crippen molar-refractivity contribution in [3.8, 4) is 0 Å². The normalized spacial score (nSPS) is 11.1. The van der Waals surface area contributed by atoms with Gasteiger partial charge in [0.15, 0.2) is 0 Å². The fourth-order valence-corrected chi connectivity index (χ4v) is 2.32. The molecule has 78 valence electrons. The van der Waals surface area contributed by atoms with Crippen LogP contribution in [0.4, 0.5) is 0 Å². The van der Waals surface area contributed by atoms with Gasteiger partial charge in [-0.15, -0.1) is 0 Å². The summed E-state index contributed by atoms with van der Waals surface area (Å²) in [4.78, 5) is 4.46. The monoisotopic (exact) mass is 207 g/mol. The fraction of sp³-hybridized carbons (Fsp3) is 0.133. The number of hydrogen-bond donors (Lipinski definition) is 0. The lowest BCUT2D eigenvalue weighted by molar-refractivity contribution is 1.21. The van der Waals surface area contributed by atoms with Gasteiger partial charge in [0.25, 0.3) is 0 Å². The van der Waals surface area contributed by atoms with E-state index in [0.717, 1.165) is 5.69 Å². The molecule has 0 saturated heterocycles. The van der Waals surface area contributed by atoms with E-state index in [-0.39, 0.29) is 0 Å². The van der Waals surface area contributed by atoms with Crippen molar-refractivity contribution >= 4 is 21.5 Å². The Bertz CT molecular complexity index is 683. The summed E-state index contributed by atoms with van der Waals surface area (Å²) in [5.41, 5.74) is 2.35. The minimum Gasteiger partial charge on any atom is -0.261 e. The van der Waals surface area contributed by atoms with Gasteiger partial charge in [0.1, 0.15) is 0 Å². The molecule has 0 aliphatic rings. The Morgan fingerprint density at radius 2 is 1.69 bits per heavy atom. The van der Waals surface area contributed by atoms with E-state index < -0.39 is 0 Å². The van der Waals surface area contributed by atoms with Crippen LogP contribution in [0.2, 0.25) is 0 Å². The predicted molar refractivity (Wildman–Crippen MR) is 68.7 cm³/mol. The molecule has 2 aromatic carbocycles. The first kappa shape index (κ1) is 9.34. The van der Waals surface area contributed by atoms with Crippen molar-refractivity contribution in [2.75, 3.05) is 0 Å². The lowest BCUT2D eigenvalue weighted by Crippen LogP contribution is -1.88. The largest absolute Gasteiger partial charge is 0.261 e. The van der Waals surface area contributed by atoms with E-state index in [1.807, 2.05) is 6.20 Å². The Labute approximate surface area is 94.7 Å². The van der Waals surface area contributed by atoms with Crippen LogP contribution in [0.25, 0.3) is 21.5 Å². The zero-order chi connectivity index (χ0) is 11.1. The summed E-state index contributed by atoms with van der Waals surface area (Å²) in [6, 6.07) is 12.9. The van der Waals surface area contributed by atoms with Crippen LogP contribution in [0.3, 0.4) is 0 Å². The van der Waals surface area contributed by atoms with Crippen LogP contribution < -0.4 is 0 Å². The maximum atomic E-state index is 4.46. The Kier molecular flexibility index (Phi) is 1.93. The first-order valence-electron chi connectivity index (χ1n) is 5.51. The Balaban J connectivity index is 2.64. The molecule has 16 heavy (non-hydrogen) atoms. The molecule has 1 nitrogen and oxygen atoms in total. The number of aryl methyl sites for hydroxylation is 2. The maximum absolute atomic E-state index is 4.46. The zero-order valence-corrected chi connectivity index (χ0v) is 9.49. The topological polar surface area (TPSA) is 12.9 Å². The number of nitrogens with zero attached hydrogens (tertiary/aromatic N) is 1. The third-order valence-corrected chi connectivity index (χ3v) is 3.17. The second-order valence-electron chi connectivity index (χ2n) is 4.24. The molecule has 0 radical (unpaired) electrons. The van der Waals surface area contributed by atoms with Crippen LogP contribution >= 0.6 is 0 Å². The standard InChI is InChI=1S/C15H13N/c1-10-9-16-11(2)15-13(10)8-7-12-5-3-4-6-14(12)15/h3-9H,1-2H3. The predicted octanol–water partition coefficient (Wildman–Crippen LogP) is 4.00. The van der Waals surface area contributed by atoms with Crippen molar-refractivity contribution in [1.82, 2.24) is 4.98 Å². The van der Waals surface area contributed by atoms with Crippen molar-refractivity contribution in [2.45, 2.75) is 13.8 Å². The molecule has 1 aromatic heterocycles. The summed E-state index contributed by atoms with van der Waals surface area (Å²) in [6.07, 6.45) is 1.95. The SMILES string of the molecule is Cc1cnc(C)c2c1ccc1ccccc12. The van der Waals surface area contributed by atoms with E-state index in [9.17, 15) is 0 Å². The van der Waals surface area contributed by atoms with E-state index in [4.69, 9.17) is 0 Å². The molecule has 0 bridgehead atoms. The van der Waals surface area contributed by atoms with E-state index in [2.05, 4.69) is 55.2 Å². The van der Waals surface area contributed by atoms with Gasteiger partial charge in [-0.05, 0) is 35.6 Å². The molecule has 3 rings (SSSR count). The number of pyridine rings is 1. The Morgan fingerprint density at radius 3 is 2.56 bits per heavy atom. The molecule has 0 aliphatic carbocycles. The van der Waals surface area contributed by atoms with E-state index in [1.54, 1.807) is 0 Å². The third-order valence-electron chi connectivity index (χ3n) is 3.17. The molecule has 1 heterocycles. The van der Waals surface area contributed by atoms with Crippen LogP contribution in [0.5, 0.6) is 0 Å². The molecule has 0 unspecified atom stereocenters. The molecule has 0 fully saturated rings. The molecule has 0 atom stereocenters. The van der Waals surface area contributed by atoms with Gasteiger partial charge in [0.2, 0.25) is 0 Å². The minimum absolute atomic E-state index is 1.11. The van der Waals surface area contributed by atoms with Gasteiger partial charge in [-0.3, -0.25) is 4.98 Å². The van der Waals surface area contributed by atoms with Crippen LogP contribution in [-0.2, 0) is 0 Å². The molecule has 1 heteroatoms. The summed E-state index contributed by atoms with van der Waals surface area (Å²) in [7, 11) is 0. The third kappa shape index (κ3) is 1.21. The Morgan fingerprint density at radius 1 is 0.875 bits per heavy atom. The summed E-state index contributed by atoms with van der Waals surface area (Å²) in [5, 5.41) is 5.18. The molecule has 3 aromatic rings. The summed E-state index contributed by atoms with van der Waals surface area (Å²) in [5.74, 6) is 0. The van der Waals surface area contributed by atoms with Gasteiger partial charge in [0.05, 0.1) is 0 Å².